The first-order valence-electron chi connectivity index (χ1n) is 15.3. The molecule has 11 heteroatoms. The number of aromatic nitrogens is 3. The zero-order chi connectivity index (χ0) is 29.3. The van der Waals surface area contributed by atoms with Crippen molar-refractivity contribution in [3.05, 3.63) is 71.6 Å². The molecule has 0 aliphatic carbocycles. The van der Waals surface area contributed by atoms with Crippen molar-refractivity contribution in [1.29, 1.82) is 0 Å². The van der Waals surface area contributed by atoms with E-state index >= 15 is 0 Å². The third kappa shape index (κ3) is 5.83. The number of nitrogens with one attached hydrogen (secondary N) is 1. The Morgan fingerprint density at radius 3 is 2.45 bits per heavy atom. The molecule has 0 radical (unpaired) electrons. The zero-order valence-electron chi connectivity index (χ0n) is 24.6. The van der Waals surface area contributed by atoms with E-state index in [0.29, 0.717) is 24.7 Å². The monoisotopic (exact) mass is 633 g/mol. The van der Waals surface area contributed by atoms with Crippen molar-refractivity contribution in [2.45, 2.75) is 51.1 Å². The third-order valence-electron chi connectivity index (χ3n) is 9.16. The predicted octanol–water partition coefficient (Wildman–Crippen LogP) is 6.25. The van der Waals surface area contributed by atoms with Gasteiger partial charge in [-0.3, -0.25) is 4.79 Å². The highest BCUT2D eigenvalue weighted by Crippen LogP contribution is 2.39. The number of piperidine rings is 2. The van der Waals surface area contributed by atoms with E-state index in [1.54, 1.807) is 6.33 Å². The van der Waals surface area contributed by atoms with Gasteiger partial charge in [0.1, 0.15) is 24.3 Å². The summed E-state index contributed by atoms with van der Waals surface area (Å²) in [6, 6.07) is 15.9. The van der Waals surface area contributed by atoms with Crippen LogP contribution in [0.25, 0.3) is 22.2 Å². The molecule has 3 aliphatic rings. The lowest BCUT2D eigenvalue weighted by Gasteiger charge is -2.38. The van der Waals surface area contributed by atoms with Crippen molar-refractivity contribution >= 4 is 58.5 Å². The van der Waals surface area contributed by atoms with E-state index in [1.165, 1.54) is 6.42 Å². The molecule has 2 fully saturated rings. The predicted molar refractivity (Wildman–Crippen MR) is 177 cm³/mol. The minimum atomic E-state index is -0.0511. The minimum absolute atomic E-state index is 0. The van der Waals surface area contributed by atoms with Gasteiger partial charge in [-0.15, -0.1) is 12.4 Å². The number of rotatable bonds is 5. The molecule has 4 aromatic rings. The van der Waals surface area contributed by atoms with Gasteiger partial charge in [-0.05, 0) is 56.2 Å². The van der Waals surface area contributed by atoms with Crippen molar-refractivity contribution in [3.63, 3.8) is 0 Å². The molecule has 0 atom stereocenters. The van der Waals surface area contributed by atoms with Gasteiger partial charge in [0.15, 0.2) is 0 Å². The molecular weight excluding hydrogens is 597 g/mol. The van der Waals surface area contributed by atoms with Crippen LogP contribution in [0.1, 0.15) is 37.7 Å². The second kappa shape index (κ2) is 13.0. The van der Waals surface area contributed by atoms with E-state index < -0.39 is 0 Å². The topological polar surface area (TPSA) is 86.6 Å². The summed E-state index contributed by atoms with van der Waals surface area (Å²) in [7, 11) is 0. The highest BCUT2D eigenvalue weighted by Gasteiger charge is 2.32. The summed E-state index contributed by atoms with van der Waals surface area (Å²) in [6.07, 6.45) is 9.45. The molecule has 0 saturated carbocycles. The number of hydrogen-bond donors (Lipinski definition) is 1. The Bertz CT molecular complexity index is 1660. The Labute approximate surface area is 268 Å². The molecule has 2 aromatic carbocycles. The number of carbonyl (C=O) groups is 2. The number of anilines is 2. The van der Waals surface area contributed by atoms with Crippen LogP contribution in [0.2, 0.25) is 5.02 Å². The fourth-order valence-electron chi connectivity index (χ4n) is 6.87. The van der Waals surface area contributed by atoms with Crippen LogP contribution in [0.4, 0.5) is 16.3 Å². The number of amides is 3. The lowest BCUT2D eigenvalue weighted by Crippen LogP contribution is -2.50. The maximum absolute atomic E-state index is 13.7. The molecule has 5 heterocycles. The Morgan fingerprint density at radius 1 is 0.909 bits per heavy atom. The number of fused-ring (bicyclic) bond motifs is 2. The first-order chi connectivity index (χ1) is 21.1. The van der Waals surface area contributed by atoms with Crippen molar-refractivity contribution in [1.82, 2.24) is 24.3 Å². The fourth-order valence-corrected chi connectivity index (χ4v) is 7.11. The van der Waals surface area contributed by atoms with Crippen LogP contribution in [0.5, 0.6) is 0 Å². The number of benzene rings is 2. The normalized spacial score (nSPS) is 17.6. The molecule has 1 N–H and O–H groups in total. The van der Waals surface area contributed by atoms with Gasteiger partial charge < -0.3 is 24.6 Å². The Balaban J connectivity index is 0.00000343. The number of nitrogens with zero attached hydrogens (tertiary/aromatic N) is 6. The molecule has 2 aromatic heterocycles. The van der Waals surface area contributed by atoms with Crippen molar-refractivity contribution in [2.75, 3.05) is 42.9 Å². The molecule has 44 heavy (non-hydrogen) atoms. The van der Waals surface area contributed by atoms with Crippen LogP contribution in [0, 0.1) is 0 Å². The maximum atomic E-state index is 13.7. The SMILES string of the molecule is Cl.O=C(Cn1cc(-c2ccccc2Cl)c2c(N3CCCCC3)ncnc21)N1CCC(N2CCc3ccccc3NC2=O)CC1. The maximum Gasteiger partial charge on any atom is 0.322 e. The van der Waals surface area contributed by atoms with Crippen LogP contribution in [-0.4, -0.2) is 75.0 Å². The van der Waals surface area contributed by atoms with Gasteiger partial charge in [0.25, 0.3) is 0 Å². The van der Waals surface area contributed by atoms with E-state index in [-0.39, 0.29) is 36.9 Å². The largest absolute Gasteiger partial charge is 0.356 e. The van der Waals surface area contributed by atoms with E-state index in [2.05, 4.69) is 21.3 Å². The van der Waals surface area contributed by atoms with Gasteiger partial charge in [0.05, 0.1) is 5.39 Å². The lowest BCUT2D eigenvalue weighted by molar-refractivity contribution is -0.133. The van der Waals surface area contributed by atoms with Gasteiger partial charge >= 0.3 is 6.03 Å². The second-order valence-electron chi connectivity index (χ2n) is 11.7. The fraction of sp³-hybridized carbons (Fsp3) is 0.394. The van der Waals surface area contributed by atoms with E-state index in [0.717, 1.165) is 84.4 Å². The van der Waals surface area contributed by atoms with Crippen molar-refractivity contribution in [2.24, 2.45) is 0 Å². The average molecular weight is 635 g/mol. The van der Waals surface area contributed by atoms with E-state index in [9.17, 15) is 9.59 Å². The van der Waals surface area contributed by atoms with Crippen LogP contribution < -0.4 is 10.2 Å². The van der Waals surface area contributed by atoms with Gasteiger partial charge in [-0.2, -0.15) is 0 Å². The number of para-hydroxylation sites is 1. The first kappa shape index (κ1) is 30.2. The van der Waals surface area contributed by atoms with Crippen molar-refractivity contribution < 1.29 is 9.59 Å². The summed E-state index contributed by atoms with van der Waals surface area (Å²) >= 11 is 6.69. The smallest absolute Gasteiger partial charge is 0.322 e. The Hall–Kier alpha value is -3.82. The molecule has 3 amide bonds. The van der Waals surface area contributed by atoms with Gasteiger partial charge in [0.2, 0.25) is 5.91 Å². The van der Waals surface area contributed by atoms with Gasteiger partial charge in [0, 0.05) is 66.8 Å². The number of likely N-dealkylation sites (tertiary alicyclic amines) is 1. The summed E-state index contributed by atoms with van der Waals surface area (Å²) < 4.78 is 1.96. The quantitative estimate of drug-likeness (QED) is 0.281. The molecule has 0 bridgehead atoms. The first-order valence-corrected chi connectivity index (χ1v) is 15.7. The molecule has 0 spiro atoms. The average Bonchev–Trinajstić information content (AvgIpc) is 3.31. The van der Waals surface area contributed by atoms with Crippen molar-refractivity contribution in [3.8, 4) is 11.1 Å². The Morgan fingerprint density at radius 2 is 1.66 bits per heavy atom. The number of urea groups is 1. The summed E-state index contributed by atoms with van der Waals surface area (Å²) in [5.74, 6) is 0.955. The van der Waals surface area contributed by atoms with Crippen LogP contribution >= 0.6 is 24.0 Å². The van der Waals surface area contributed by atoms with Gasteiger partial charge in [-0.25, -0.2) is 14.8 Å². The molecule has 3 aliphatic heterocycles. The molecular formula is C33H37Cl2N7O2. The van der Waals surface area contributed by atoms with E-state index in [4.69, 9.17) is 16.6 Å². The summed E-state index contributed by atoms with van der Waals surface area (Å²) in [6.45, 7) is 4.00. The highest BCUT2D eigenvalue weighted by molar-refractivity contribution is 6.33. The summed E-state index contributed by atoms with van der Waals surface area (Å²) in [5.41, 5.74) is 4.65. The lowest BCUT2D eigenvalue weighted by atomic mass is 10.0. The third-order valence-corrected chi connectivity index (χ3v) is 9.49. The van der Waals surface area contributed by atoms with E-state index in [1.807, 2.05) is 63.0 Å². The Kier molecular flexibility index (Phi) is 8.96. The standard InChI is InChI=1S/C33H36ClN7O2.ClH/c34-27-10-4-3-9-25(27)26-20-40(32-30(26)31(35-22-36-32)39-15-6-1-7-16-39)21-29(42)38-17-13-24(14-18-38)41-19-12-23-8-2-5-11-28(23)37-33(41)43;/h2-5,8-11,20,22,24H,1,6-7,12-19,21H2,(H,37,43);1H. The number of carbonyl (C=O) groups excluding carboxylic acids is 2. The molecule has 7 rings (SSSR count). The second-order valence-corrected chi connectivity index (χ2v) is 12.1. The number of hydrogen-bond acceptors (Lipinski definition) is 5. The minimum Gasteiger partial charge on any atom is -0.356 e. The zero-order valence-corrected chi connectivity index (χ0v) is 26.2. The molecule has 9 nitrogen and oxygen atoms in total. The molecule has 230 valence electrons. The summed E-state index contributed by atoms with van der Waals surface area (Å²) in [5, 5.41) is 4.68. The summed E-state index contributed by atoms with van der Waals surface area (Å²) in [4.78, 5) is 42.4. The molecule has 2 saturated heterocycles. The highest BCUT2D eigenvalue weighted by atomic mass is 35.5. The van der Waals surface area contributed by atoms with Gasteiger partial charge in [-0.1, -0.05) is 48.0 Å². The van der Waals surface area contributed by atoms with Crippen LogP contribution in [-0.2, 0) is 17.8 Å². The van der Waals surface area contributed by atoms with Crippen LogP contribution in [0.3, 0.4) is 0 Å². The number of halogens is 2. The molecule has 0 unspecified atom stereocenters. The van der Waals surface area contributed by atoms with Crippen LogP contribution in [0.15, 0.2) is 61.1 Å².